The summed E-state index contributed by atoms with van der Waals surface area (Å²) in [6, 6.07) is 24.5. The molecule has 8 nitrogen and oxygen atoms in total. The minimum absolute atomic E-state index is 0.0941. The highest BCUT2D eigenvalue weighted by Crippen LogP contribution is 2.24. The van der Waals surface area contributed by atoms with Crippen LogP contribution in [0.5, 0.6) is 5.75 Å². The highest BCUT2D eigenvalue weighted by atomic mass is 16.5. The van der Waals surface area contributed by atoms with Crippen molar-refractivity contribution in [2.75, 3.05) is 12.4 Å². The van der Waals surface area contributed by atoms with Crippen molar-refractivity contribution >= 4 is 23.6 Å². The maximum atomic E-state index is 13.2. The van der Waals surface area contributed by atoms with Gasteiger partial charge in [-0.2, -0.15) is 0 Å². The Bertz CT molecular complexity index is 1230. The molecule has 3 amide bonds. The predicted octanol–water partition coefficient (Wildman–Crippen LogP) is 4.27. The van der Waals surface area contributed by atoms with Crippen LogP contribution in [0.2, 0.25) is 0 Å². The van der Waals surface area contributed by atoms with Crippen molar-refractivity contribution in [3.63, 3.8) is 0 Å². The van der Waals surface area contributed by atoms with E-state index < -0.39 is 5.54 Å². The number of carbonyl (C=O) groups excluding carboxylic acids is 2. The number of anilines is 1. The van der Waals surface area contributed by atoms with E-state index in [1.165, 1.54) is 10.5 Å². The molecule has 1 aliphatic heterocycles. The Morgan fingerprint density at radius 2 is 1.72 bits per heavy atom. The molecular weight excluding hydrogens is 454 g/mol. The Morgan fingerprint density at radius 3 is 2.44 bits per heavy atom. The van der Waals surface area contributed by atoms with Gasteiger partial charge < -0.3 is 20.7 Å². The van der Waals surface area contributed by atoms with E-state index in [2.05, 4.69) is 16.0 Å². The molecule has 36 heavy (non-hydrogen) atoms. The molecule has 1 aliphatic rings. The Morgan fingerprint density at radius 1 is 1.00 bits per heavy atom. The summed E-state index contributed by atoms with van der Waals surface area (Å²) in [5.41, 5.74) is 2.84. The zero-order valence-corrected chi connectivity index (χ0v) is 20.5. The minimum Gasteiger partial charge on any atom is -0.497 e. The van der Waals surface area contributed by atoms with Crippen molar-refractivity contribution in [3.05, 3.63) is 95.6 Å². The molecule has 4 rings (SSSR count). The normalized spacial score (nSPS) is 17.0. The SMILES string of the molecule is COc1cccc(NC(=O)NCc2ccc(CN3C(=N)N[C@](C)(CCc4ccccc4)C3=O)cc2)c1. The van der Waals surface area contributed by atoms with E-state index in [1.54, 1.807) is 25.3 Å². The Hall–Kier alpha value is -4.33. The predicted molar refractivity (Wildman–Crippen MR) is 140 cm³/mol. The fraction of sp³-hybridized carbons (Fsp3) is 0.250. The van der Waals surface area contributed by atoms with E-state index in [0.29, 0.717) is 30.9 Å². The van der Waals surface area contributed by atoms with Gasteiger partial charge in [0.05, 0.1) is 13.7 Å². The second-order valence-electron chi connectivity index (χ2n) is 9.04. The van der Waals surface area contributed by atoms with Gasteiger partial charge in [0, 0.05) is 18.3 Å². The van der Waals surface area contributed by atoms with Gasteiger partial charge in [0.25, 0.3) is 5.91 Å². The molecule has 0 unspecified atom stereocenters. The third-order valence-electron chi connectivity index (χ3n) is 6.28. The lowest BCUT2D eigenvalue weighted by molar-refractivity contribution is -0.131. The number of hydrogen-bond donors (Lipinski definition) is 4. The molecule has 0 saturated carbocycles. The molecule has 0 aliphatic carbocycles. The van der Waals surface area contributed by atoms with Crippen LogP contribution in [-0.2, 0) is 24.3 Å². The number of nitrogens with zero attached hydrogens (tertiary/aromatic N) is 1. The Labute approximate surface area is 211 Å². The summed E-state index contributed by atoms with van der Waals surface area (Å²) >= 11 is 0. The molecule has 0 spiro atoms. The lowest BCUT2D eigenvalue weighted by Gasteiger charge is -2.22. The second kappa shape index (κ2) is 10.9. The van der Waals surface area contributed by atoms with Crippen molar-refractivity contribution < 1.29 is 14.3 Å². The summed E-state index contributed by atoms with van der Waals surface area (Å²) in [7, 11) is 1.58. The van der Waals surface area contributed by atoms with Crippen molar-refractivity contribution in [1.29, 1.82) is 5.41 Å². The van der Waals surface area contributed by atoms with Crippen LogP contribution in [0.4, 0.5) is 10.5 Å². The summed E-state index contributed by atoms with van der Waals surface area (Å²) in [6.45, 7) is 2.53. The number of ether oxygens (including phenoxy) is 1. The molecule has 1 heterocycles. The van der Waals surface area contributed by atoms with Gasteiger partial charge in [0.15, 0.2) is 5.96 Å². The molecular formula is C28H31N5O3. The second-order valence-corrected chi connectivity index (χ2v) is 9.04. The zero-order chi connectivity index (χ0) is 25.5. The van der Waals surface area contributed by atoms with Crippen molar-refractivity contribution in [3.8, 4) is 5.75 Å². The van der Waals surface area contributed by atoms with Gasteiger partial charge in [0.2, 0.25) is 0 Å². The minimum atomic E-state index is -0.799. The number of rotatable bonds is 9. The quantitative estimate of drug-likeness (QED) is 0.363. The van der Waals surface area contributed by atoms with E-state index >= 15 is 0 Å². The molecule has 3 aromatic carbocycles. The van der Waals surface area contributed by atoms with Crippen LogP contribution < -0.4 is 20.7 Å². The van der Waals surface area contributed by atoms with E-state index in [1.807, 2.05) is 67.6 Å². The molecule has 1 atom stereocenters. The maximum absolute atomic E-state index is 13.2. The van der Waals surface area contributed by atoms with Crippen molar-refractivity contribution in [2.24, 2.45) is 0 Å². The van der Waals surface area contributed by atoms with Crippen LogP contribution >= 0.6 is 0 Å². The third-order valence-corrected chi connectivity index (χ3v) is 6.28. The van der Waals surface area contributed by atoms with E-state index in [4.69, 9.17) is 10.1 Å². The molecule has 0 aromatic heterocycles. The van der Waals surface area contributed by atoms with Crippen LogP contribution in [0.25, 0.3) is 0 Å². The van der Waals surface area contributed by atoms with Gasteiger partial charge in [-0.25, -0.2) is 4.79 Å². The number of aryl methyl sites for hydroxylation is 1. The standard InChI is InChI=1S/C28H31N5O3/c1-28(16-15-20-7-4-3-5-8-20)25(34)33(26(29)32-28)19-22-13-11-21(12-14-22)18-30-27(35)31-23-9-6-10-24(17-23)36-2/h3-14,17H,15-16,18-19H2,1-2H3,(H2,29,32)(H2,30,31,35)/t28-/m1/s1. The monoisotopic (exact) mass is 485 g/mol. The number of amides is 3. The van der Waals surface area contributed by atoms with Crippen LogP contribution in [0.15, 0.2) is 78.9 Å². The Balaban J connectivity index is 1.29. The lowest BCUT2D eigenvalue weighted by atomic mass is 9.93. The number of guanidine groups is 1. The summed E-state index contributed by atoms with van der Waals surface area (Å²) in [6.07, 6.45) is 1.36. The molecule has 0 radical (unpaired) electrons. The topological polar surface area (TPSA) is 107 Å². The average molecular weight is 486 g/mol. The highest BCUT2D eigenvalue weighted by molar-refractivity contribution is 6.07. The van der Waals surface area contributed by atoms with Crippen molar-refractivity contribution in [2.45, 2.75) is 38.4 Å². The van der Waals surface area contributed by atoms with Gasteiger partial charge >= 0.3 is 6.03 Å². The molecule has 3 aromatic rings. The van der Waals surface area contributed by atoms with E-state index in [-0.39, 0.29) is 17.9 Å². The van der Waals surface area contributed by atoms with E-state index in [9.17, 15) is 9.59 Å². The molecule has 1 fully saturated rings. The summed E-state index contributed by atoms with van der Waals surface area (Å²) in [5.74, 6) is 0.693. The number of methoxy groups -OCH3 is 1. The molecule has 4 N–H and O–H groups in total. The fourth-order valence-corrected chi connectivity index (χ4v) is 4.14. The van der Waals surface area contributed by atoms with Gasteiger partial charge in [-0.15, -0.1) is 0 Å². The van der Waals surface area contributed by atoms with Crippen molar-refractivity contribution in [1.82, 2.24) is 15.5 Å². The van der Waals surface area contributed by atoms with E-state index in [0.717, 1.165) is 17.5 Å². The third kappa shape index (κ3) is 6.02. The first kappa shape index (κ1) is 24.8. The largest absolute Gasteiger partial charge is 0.497 e. The first-order valence-corrected chi connectivity index (χ1v) is 11.9. The summed E-state index contributed by atoms with van der Waals surface area (Å²) < 4.78 is 5.17. The Kier molecular flexibility index (Phi) is 7.53. The van der Waals surface area contributed by atoms with Crippen LogP contribution in [0.1, 0.15) is 30.0 Å². The van der Waals surface area contributed by atoms with Gasteiger partial charge in [0.1, 0.15) is 11.3 Å². The molecule has 1 saturated heterocycles. The zero-order valence-electron chi connectivity index (χ0n) is 20.5. The molecule has 8 heteroatoms. The average Bonchev–Trinajstić information content (AvgIpc) is 3.11. The van der Waals surface area contributed by atoms with Crippen LogP contribution in [0.3, 0.4) is 0 Å². The fourth-order valence-electron chi connectivity index (χ4n) is 4.14. The van der Waals surface area contributed by atoms with Gasteiger partial charge in [-0.3, -0.25) is 15.1 Å². The number of carbonyl (C=O) groups is 2. The van der Waals surface area contributed by atoms with Gasteiger partial charge in [-0.1, -0.05) is 60.7 Å². The first-order chi connectivity index (χ1) is 17.4. The molecule has 186 valence electrons. The van der Waals surface area contributed by atoms with Gasteiger partial charge in [-0.05, 0) is 48.6 Å². The maximum Gasteiger partial charge on any atom is 0.319 e. The summed E-state index contributed by atoms with van der Waals surface area (Å²) in [4.78, 5) is 26.9. The summed E-state index contributed by atoms with van der Waals surface area (Å²) in [5, 5.41) is 17.0. The first-order valence-electron chi connectivity index (χ1n) is 11.9. The smallest absolute Gasteiger partial charge is 0.319 e. The number of nitrogens with one attached hydrogen (secondary N) is 4. The van der Waals surface area contributed by atoms with Crippen LogP contribution in [0, 0.1) is 5.41 Å². The number of urea groups is 1. The van der Waals surface area contributed by atoms with Crippen LogP contribution in [-0.4, -0.2) is 35.4 Å². The molecule has 0 bridgehead atoms. The highest BCUT2D eigenvalue weighted by Gasteiger charge is 2.45. The number of benzene rings is 3. The lowest BCUT2D eigenvalue weighted by Crippen LogP contribution is -2.44. The number of hydrogen-bond acceptors (Lipinski definition) is 4.